The number of amides is 1. The Labute approximate surface area is 122 Å². The number of hydrogen-bond donors (Lipinski definition) is 2. The zero-order chi connectivity index (χ0) is 14.0. The molecule has 1 fully saturated rings. The van der Waals surface area contributed by atoms with Crippen molar-refractivity contribution < 1.29 is 4.79 Å². The summed E-state index contributed by atoms with van der Waals surface area (Å²) >= 11 is 0. The minimum atomic E-state index is 0.204. The molecule has 0 unspecified atom stereocenters. The molecule has 1 aliphatic heterocycles. The Hall–Kier alpha value is -1.35. The molecule has 2 rings (SSSR count). The first-order valence-electron chi connectivity index (χ1n) is 7.86. The van der Waals surface area contributed by atoms with Crippen molar-refractivity contribution in [3.63, 3.8) is 0 Å². The van der Waals surface area contributed by atoms with E-state index in [0.717, 1.165) is 44.8 Å². The summed E-state index contributed by atoms with van der Waals surface area (Å²) in [4.78, 5) is 11.8. The molecular weight excluding hydrogens is 248 g/mol. The van der Waals surface area contributed by atoms with Crippen LogP contribution in [0.3, 0.4) is 0 Å². The average Bonchev–Trinajstić information content (AvgIpc) is 2.49. The molecular formula is C17H26N2O. The Morgan fingerprint density at radius 2 is 1.95 bits per heavy atom. The number of carbonyl (C=O) groups excluding carboxylic acids is 1. The van der Waals surface area contributed by atoms with Gasteiger partial charge in [0.1, 0.15) is 0 Å². The predicted molar refractivity (Wildman–Crippen MR) is 82.6 cm³/mol. The molecule has 3 nitrogen and oxygen atoms in total. The van der Waals surface area contributed by atoms with Crippen LogP contribution in [0.1, 0.15) is 37.7 Å². The lowest BCUT2D eigenvalue weighted by molar-refractivity contribution is -0.121. The zero-order valence-electron chi connectivity index (χ0n) is 12.2. The average molecular weight is 274 g/mol. The van der Waals surface area contributed by atoms with E-state index < -0.39 is 0 Å². The van der Waals surface area contributed by atoms with E-state index in [4.69, 9.17) is 0 Å². The largest absolute Gasteiger partial charge is 0.356 e. The topological polar surface area (TPSA) is 41.1 Å². The van der Waals surface area contributed by atoms with Crippen LogP contribution in [-0.2, 0) is 11.2 Å². The summed E-state index contributed by atoms with van der Waals surface area (Å²) < 4.78 is 0. The van der Waals surface area contributed by atoms with Gasteiger partial charge in [-0.05, 0) is 56.7 Å². The lowest BCUT2D eigenvalue weighted by Crippen LogP contribution is -2.31. The minimum Gasteiger partial charge on any atom is -0.356 e. The smallest absolute Gasteiger partial charge is 0.220 e. The van der Waals surface area contributed by atoms with Crippen LogP contribution in [0, 0.1) is 5.92 Å². The predicted octanol–water partition coefficient (Wildman–Crippen LogP) is 2.52. The van der Waals surface area contributed by atoms with Gasteiger partial charge in [0.2, 0.25) is 5.91 Å². The number of hydrogen-bond acceptors (Lipinski definition) is 2. The van der Waals surface area contributed by atoms with Gasteiger partial charge in [-0.2, -0.15) is 0 Å². The molecule has 0 radical (unpaired) electrons. The molecule has 110 valence electrons. The third kappa shape index (κ3) is 5.74. The number of benzene rings is 1. The fourth-order valence-electron chi connectivity index (χ4n) is 2.77. The molecule has 0 spiro atoms. The molecule has 0 saturated carbocycles. The Morgan fingerprint density at radius 1 is 1.20 bits per heavy atom. The molecule has 1 heterocycles. The van der Waals surface area contributed by atoms with Crippen molar-refractivity contribution in [2.24, 2.45) is 5.92 Å². The highest BCUT2D eigenvalue weighted by Gasteiger charge is 2.12. The van der Waals surface area contributed by atoms with Gasteiger partial charge in [-0.1, -0.05) is 30.3 Å². The number of rotatable bonds is 7. The Kier molecular flexibility index (Phi) is 6.58. The van der Waals surface area contributed by atoms with E-state index in [1.54, 1.807) is 0 Å². The van der Waals surface area contributed by atoms with Gasteiger partial charge in [0.05, 0.1) is 0 Å². The first-order chi connectivity index (χ1) is 9.84. The van der Waals surface area contributed by atoms with Crippen molar-refractivity contribution in [1.82, 2.24) is 10.6 Å². The highest BCUT2D eigenvalue weighted by molar-refractivity contribution is 5.75. The van der Waals surface area contributed by atoms with Gasteiger partial charge in [-0.25, -0.2) is 0 Å². The number of piperidine rings is 1. The fourth-order valence-corrected chi connectivity index (χ4v) is 2.77. The maximum Gasteiger partial charge on any atom is 0.220 e. The third-order valence-electron chi connectivity index (χ3n) is 4.05. The van der Waals surface area contributed by atoms with Crippen LogP contribution in [-0.4, -0.2) is 25.5 Å². The summed E-state index contributed by atoms with van der Waals surface area (Å²) in [5.74, 6) is 0.996. The lowest BCUT2D eigenvalue weighted by Gasteiger charge is -2.22. The normalized spacial score (nSPS) is 16.0. The molecule has 1 aromatic rings. The molecule has 2 N–H and O–H groups in total. The van der Waals surface area contributed by atoms with Crippen molar-refractivity contribution in [2.45, 2.75) is 38.5 Å². The van der Waals surface area contributed by atoms with Crippen LogP contribution in [0.4, 0.5) is 0 Å². The van der Waals surface area contributed by atoms with Crippen molar-refractivity contribution in [2.75, 3.05) is 19.6 Å². The van der Waals surface area contributed by atoms with Gasteiger partial charge in [-0.15, -0.1) is 0 Å². The second-order valence-corrected chi connectivity index (χ2v) is 5.67. The molecule has 0 aromatic heterocycles. The van der Waals surface area contributed by atoms with Gasteiger partial charge in [0.25, 0.3) is 0 Å². The van der Waals surface area contributed by atoms with E-state index in [1.165, 1.54) is 18.4 Å². The standard InChI is InChI=1S/C17H26N2O/c20-17(8-4-7-15-5-2-1-3-6-15)19-14-11-16-9-12-18-13-10-16/h1-3,5-6,16,18H,4,7-14H2,(H,19,20). The first-order valence-corrected chi connectivity index (χ1v) is 7.86. The fraction of sp³-hybridized carbons (Fsp3) is 0.588. The van der Waals surface area contributed by atoms with Gasteiger partial charge in [0.15, 0.2) is 0 Å². The summed E-state index contributed by atoms with van der Waals surface area (Å²) in [6, 6.07) is 10.4. The third-order valence-corrected chi connectivity index (χ3v) is 4.05. The Bertz CT molecular complexity index is 385. The van der Waals surface area contributed by atoms with Crippen LogP contribution in [0.2, 0.25) is 0 Å². The molecule has 1 aromatic carbocycles. The van der Waals surface area contributed by atoms with Crippen LogP contribution in [0.15, 0.2) is 30.3 Å². The van der Waals surface area contributed by atoms with E-state index in [9.17, 15) is 4.79 Å². The van der Waals surface area contributed by atoms with Gasteiger partial charge in [0, 0.05) is 13.0 Å². The van der Waals surface area contributed by atoms with E-state index >= 15 is 0 Å². The molecule has 3 heteroatoms. The quantitative estimate of drug-likeness (QED) is 0.802. The van der Waals surface area contributed by atoms with Crippen molar-refractivity contribution >= 4 is 5.91 Å². The van der Waals surface area contributed by atoms with Crippen LogP contribution >= 0.6 is 0 Å². The summed E-state index contributed by atoms with van der Waals surface area (Å²) in [5, 5.41) is 6.43. The van der Waals surface area contributed by atoms with Crippen molar-refractivity contribution in [3.8, 4) is 0 Å². The van der Waals surface area contributed by atoms with Crippen LogP contribution in [0.25, 0.3) is 0 Å². The second-order valence-electron chi connectivity index (χ2n) is 5.67. The number of nitrogens with one attached hydrogen (secondary N) is 2. The Morgan fingerprint density at radius 3 is 2.70 bits per heavy atom. The highest BCUT2D eigenvalue weighted by Crippen LogP contribution is 2.14. The van der Waals surface area contributed by atoms with E-state index in [-0.39, 0.29) is 5.91 Å². The molecule has 0 aliphatic carbocycles. The van der Waals surface area contributed by atoms with Gasteiger partial charge < -0.3 is 10.6 Å². The van der Waals surface area contributed by atoms with Crippen LogP contribution in [0.5, 0.6) is 0 Å². The summed E-state index contributed by atoms with van der Waals surface area (Å²) in [5.41, 5.74) is 1.31. The maximum atomic E-state index is 11.8. The number of carbonyl (C=O) groups is 1. The van der Waals surface area contributed by atoms with Gasteiger partial charge >= 0.3 is 0 Å². The zero-order valence-corrected chi connectivity index (χ0v) is 12.2. The summed E-state index contributed by atoms with van der Waals surface area (Å²) in [6.45, 7) is 3.11. The number of aryl methyl sites for hydroxylation is 1. The summed E-state index contributed by atoms with van der Waals surface area (Å²) in [6.07, 6.45) is 6.20. The van der Waals surface area contributed by atoms with Gasteiger partial charge in [-0.3, -0.25) is 4.79 Å². The Balaban J connectivity index is 1.52. The summed E-state index contributed by atoms with van der Waals surface area (Å²) in [7, 11) is 0. The molecule has 0 bridgehead atoms. The molecule has 1 aliphatic rings. The molecule has 1 amide bonds. The van der Waals surface area contributed by atoms with E-state index in [1.807, 2.05) is 6.07 Å². The monoisotopic (exact) mass is 274 g/mol. The second kappa shape index (κ2) is 8.75. The molecule has 1 saturated heterocycles. The van der Waals surface area contributed by atoms with Crippen molar-refractivity contribution in [1.29, 1.82) is 0 Å². The lowest BCUT2D eigenvalue weighted by atomic mass is 9.95. The van der Waals surface area contributed by atoms with Crippen LogP contribution < -0.4 is 10.6 Å². The first kappa shape index (κ1) is 15.0. The van der Waals surface area contributed by atoms with E-state index in [0.29, 0.717) is 6.42 Å². The van der Waals surface area contributed by atoms with E-state index in [2.05, 4.69) is 34.9 Å². The SMILES string of the molecule is O=C(CCCc1ccccc1)NCCC1CCNCC1. The minimum absolute atomic E-state index is 0.204. The molecule has 20 heavy (non-hydrogen) atoms. The molecule has 0 atom stereocenters. The maximum absolute atomic E-state index is 11.8. The van der Waals surface area contributed by atoms with Crippen molar-refractivity contribution in [3.05, 3.63) is 35.9 Å². The highest BCUT2D eigenvalue weighted by atomic mass is 16.1.